The summed E-state index contributed by atoms with van der Waals surface area (Å²) in [5, 5.41) is 8.68. The fourth-order valence-electron chi connectivity index (χ4n) is 0.862. The summed E-state index contributed by atoms with van der Waals surface area (Å²) in [4.78, 5) is 14.4. The Bertz CT molecular complexity index is 314. The van der Waals surface area contributed by atoms with Crippen LogP contribution in [0.15, 0.2) is 12.1 Å². The quantitative estimate of drug-likeness (QED) is 0.792. The molecule has 0 fully saturated rings. The van der Waals surface area contributed by atoms with Crippen molar-refractivity contribution < 1.29 is 14.6 Å². The van der Waals surface area contributed by atoms with Gasteiger partial charge in [-0.25, -0.2) is 9.78 Å². The van der Waals surface area contributed by atoms with Gasteiger partial charge in [-0.15, -0.1) is 12.4 Å². The molecule has 0 unspecified atom stereocenters. The van der Waals surface area contributed by atoms with Crippen LogP contribution in [0, 0.1) is 6.92 Å². The molecule has 1 aromatic heterocycles. The van der Waals surface area contributed by atoms with E-state index >= 15 is 0 Å². The van der Waals surface area contributed by atoms with Gasteiger partial charge >= 0.3 is 5.97 Å². The maximum absolute atomic E-state index is 10.6. The number of pyridine rings is 1. The van der Waals surface area contributed by atoms with Crippen LogP contribution in [-0.2, 0) is 0 Å². The van der Waals surface area contributed by atoms with Crippen LogP contribution in [0.5, 0.6) is 5.75 Å². The normalized spacial score (nSPS) is 8.77. The summed E-state index contributed by atoms with van der Waals surface area (Å²) in [6, 6.07) is 3.29. The van der Waals surface area contributed by atoms with Gasteiger partial charge < -0.3 is 9.84 Å². The summed E-state index contributed by atoms with van der Waals surface area (Å²) < 4.78 is 4.82. The highest BCUT2D eigenvalue weighted by molar-refractivity contribution is 5.88. The zero-order valence-electron chi connectivity index (χ0n) is 7.27. The minimum absolute atomic E-state index is 0. The second kappa shape index (κ2) is 4.67. The van der Waals surface area contributed by atoms with Crippen molar-refractivity contribution in [2.75, 3.05) is 7.11 Å². The average molecular weight is 204 g/mol. The number of nitrogens with zero attached hydrogens (tertiary/aromatic N) is 1. The number of carbonyl (C=O) groups is 1. The Morgan fingerprint density at radius 2 is 2.15 bits per heavy atom. The van der Waals surface area contributed by atoms with Crippen molar-refractivity contribution in [3.63, 3.8) is 0 Å². The SMILES string of the molecule is COc1ccc(C)nc1C(=O)O.Cl. The van der Waals surface area contributed by atoms with E-state index in [1.807, 2.05) is 0 Å². The summed E-state index contributed by atoms with van der Waals surface area (Å²) in [5.74, 6) is -0.788. The highest BCUT2D eigenvalue weighted by atomic mass is 35.5. The first-order valence-electron chi connectivity index (χ1n) is 3.40. The molecule has 72 valence electrons. The predicted molar refractivity (Wildman–Crippen MR) is 49.7 cm³/mol. The molecule has 4 nitrogen and oxygen atoms in total. The van der Waals surface area contributed by atoms with E-state index in [-0.39, 0.29) is 23.9 Å². The molecule has 0 saturated heterocycles. The summed E-state index contributed by atoms with van der Waals surface area (Å²) in [5.41, 5.74) is 0.616. The minimum Gasteiger partial charge on any atom is -0.494 e. The van der Waals surface area contributed by atoms with E-state index in [4.69, 9.17) is 9.84 Å². The van der Waals surface area contributed by atoms with Crippen molar-refractivity contribution in [2.45, 2.75) is 6.92 Å². The molecule has 0 bridgehead atoms. The van der Waals surface area contributed by atoms with Gasteiger partial charge in [-0.3, -0.25) is 0 Å². The topological polar surface area (TPSA) is 59.4 Å². The molecule has 0 aliphatic heterocycles. The number of hydrogen-bond donors (Lipinski definition) is 1. The smallest absolute Gasteiger partial charge is 0.358 e. The molecule has 0 spiro atoms. The molecule has 0 saturated carbocycles. The number of aromatic nitrogens is 1. The number of rotatable bonds is 2. The van der Waals surface area contributed by atoms with Crippen molar-refractivity contribution in [1.82, 2.24) is 4.98 Å². The Morgan fingerprint density at radius 3 is 2.62 bits per heavy atom. The average Bonchev–Trinajstić information content (AvgIpc) is 2.04. The zero-order chi connectivity index (χ0) is 9.14. The number of aryl methyl sites for hydroxylation is 1. The second-order valence-electron chi connectivity index (χ2n) is 2.31. The van der Waals surface area contributed by atoms with Gasteiger partial charge in [0.1, 0.15) is 0 Å². The van der Waals surface area contributed by atoms with Gasteiger partial charge in [0.2, 0.25) is 0 Å². The van der Waals surface area contributed by atoms with E-state index < -0.39 is 5.97 Å². The van der Waals surface area contributed by atoms with Crippen molar-refractivity contribution in [3.05, 3.63) is 23.5 Å². The molecule has 0 atom stereocenters. The maximum atomic E-state index is 10.6. The van der Waals surface area contributed by atoms with Crippen LogP contribution in [0.1, 0.15) is 16.2 Å². The number of carboxylic acid groups (broad SMARTS) is 1. The molecular weight excluding hydrogens is 194 g/mol. The van der Waals surface area contributed by atoms with Crippen molar-refractivity contribution in [1.29, 1.82) is 0 Å². The minimum atomic E-state index is -1.07. The molecule has 1 rings (SSSR count). The fraction of sp³-hybridized carbons (Fsp3) is 0.250. The number of halogens is 1. The lowest BCUT2D eigenvalue weighted by Crippen LogP contribution is -2.04. The van der Waals surface area contributed by atoms with Gasteiger partial charge in [0.25, 0.3) is 0 Å². The van der Waals surface area contributed by atoms with Gasteiger partial charge in [0.05, 0.1) is 7.11 Å². The third-order valence-corrected chi connectivity index (χ3v) is 1.42. The zero-order valence-corrected chi connectivity index (χ0v) is 8.09. The van der Waals surface area contributed by atoms with Crippen molar-refractivity contribution in [2.24, 2.45) is 0 Å². The van der Waals surface area contributed by atoms with E-state index in [1.54, 1.807) is 19.1 Å². The second-order valence-corrected chi connectivity index (χ2v) is 2.31. The third-order valence-electron chi connectivity index (χ3n) is 1.42. The van der Waals surface area contributed by atoms with Crippen LogP contribution in [0.4, 0.5) is 0 Å². The summed E-state index contributed by atoms with van der Waals surface area (Å²) in [6.45, 7) is 1.73. The number of ether oxygens (including phenoxy) is 1. The van der Waals surface area contributed by atoms with Gasteiger partial charge in [0.15, 0.2) is 11.4 Å². The standard InChI is InChI=1S/C8H9NO3.ClH/c1-5-3-4-6(12-2)7(9-5)8(10)11;/h3-4H,1-2H3,(H,10,11);1H. The van der Waals surface area contributed by atoms with Crippen molar-refractivity contribution >= 4 is 18.4 Å². The first-order valence-corrected chi connectivity index (χ1v) is 3.40. The molecule has 0 amide bonds. The first kappa shape index (κ1) is 11.7. The molecule has 1 N–H and O–H groups in total. The Balaban J connectivity index is 0.00000144. The van der Waals surface area contributed by atoms with E-state index in [0.717, 1.165) is 0 Å². The Kier molecular flexibility index (Phi) is 4.20. The van der Waals surface area contributed by atoms with E-state index in [0.29, 0.717) is 5.69 Å². The summed E-state index contributed by atoms with van der Waals surface area (Å²) >= 11 is 0. The third kappa shape index (κ3) is 2.59. The van der Waals surface area contributed by atoms with Gasteiger partial charge in [0, 0.05) is 5.69 Å². The molecule has 0 radical (unpaired) electrons. The van der Waals surface area contributed by atoms with Gasteiger partial charge in [-0.2, -0.15) is 0 Å². The highest BCUT2D eigenvalue weighted by Gasteiger charge is 2.11. The lowest BCUT2D eigenvalue weighted by Gasteiger charge is -2.03. The Morgan fingerprint density at radius 1 is 1.54 bits per heavy atom. The number of hydrogen-bond acceptors (Lipinski definition) is 3. The van der Waals surface area contributed by atoms with Crippen LogP contribution in [0.2, 0.25) is 0 Å². The van der Waals surface area contributed by atoms with Crippen molar-refractivity contribution in [3.8, 4) is 5.75 Å². The lowest BCUT2D eigenvalue weighted by atomic mass is 10.3. The van der Waals surface area contributed by atoms with E-state index in [9.17, 15) is 4.79 Å². The first-order chi connectivity index (χ1) is 5.65. The largest absolute Gasteiger partial charge is 0.494 e. The molecule has 1 aromatic rings. The van der Waals surface area contributed by atoms with Crippen LogP contribution in [0.25, 0.3) is 0 Å². The molecule has 13 heavy (non-hydrogen) atoms. The molecule has 0 aromatic carbocycles. The van der Waals surface area contributed by atoms with Gasteiger partial charge in [-0.05, 0) is 19.1 Å². The number of carboxylic acids is 1. The Labute approximate surface area is 82.0 Å². The molecule has 5 heteroatoms. The van der Waals surface area contributed by atoms with Crippen LogP contribution in [-0.4, -0.2) is 23.2 Å². The fourth-order valence-corrected chi connectivity index (χ4v) is 0.862. The molecule has 1 heterocycles. The lowest BCUT2D eigenvalue weighted by molar-refractivity contribution is 0.0686. The number of methoxy groups -OCH3 is 1. The Hall–Kier alpha value is -1.29. The molecule has 0 aliphatic carbocycles. The highest BCUT2D eigenvalue weighted by Crippen LogP contribution is 2.15. The monoisotopic (exact) mass is 203 g/mol. The number of aromatic carboxylic acids is 1. The predicted octanol–water partition coefficient (Wildman–Crippen LogP) is 1.52. The summed E-state index contributed by atoms with van der Waals surface area (Å²) in [7, 11) is 1.42. The summed E-state index contributed by atoms with van der Waals surface area (Å²) in [6.07, 6.45) is 0. The van der Waals surface area contributed by atoms with Crippen LogP contribution < -0.4 is 4.74 Å². The molecule has 0 aliphatic rings. The van der Waals surface area contributed by atoms with E-state index in [2.05, 4.69) is 4.98 Å². The maximum Gasteiger partial charge on any atom is 0.358 e. The van der Waals surface area contributed by atoms with Crippen LogP contribution in [0.3, 0.4) is 0 Å². The van der Waals surface area contributed by atoms with E-state index in [1.165, 1.54) is 7.11 Å². The van der Waals surface area contributed by atoms with Gasteiger partial charge in [-0.1, -0.05) is 0 Å². The van der Waals surface area contributed by atoms with Crippen LogP contribution >= 0.6 is 12.4 Å². The molecular formula is C8H10ClNO3.